The highest BCUT2D eigenvalue weighted by atomic mass is 16.6. The zero-order valence-electron chi connectivity index (χ0n) is 13.7. The first kappa shape index (κ1) is 18.1. The molecule has 1 amide bonds. The fourth-order valence-corrected chi connectivity index (χ4v) is 2.80. The van der Waals surface area contributed by atoms with Gasteiger partial charge >= 0.3 is 0 Å². The molecule has 122 valence electrons. The van der Waals surface area contributed by atoms with Gasteiger partial charge in [0.1, 0.15) is 0 Å². The van der Waals surface area contributed by atoms with Crippen molar-refractivity contribution >= 4 is 11.6 Å². The predicted molar refractivity (Wildman–Crippen MR) is 84.3 cm³/mol. The molecule has 0 aliphatic carbocycles. The number of rotatable bonds is 5. The fourth-order valence-electron chi connectivity index (χ4n) is 2.80. The molecule has 0 radical (unpaired) electrons. The van der Waals surface area contributed by atoms with Crippen LogP contribution in [0, 0.1) is 15.5 Å². The van der Waals surface area contributed by atoms with E-state index in [0.29, 0.717) is 6.42 Å². The van der Waals surface area contributed by atoms with Crippen molar-refractivity contribution in [1.29, 1.82) is 0 Å². The van der Waals surface area contributed by atoms with Gasteiger partial charge in [-0.1, -0.05) is 32.9 Å². The van der Waals surface area contributed by atoms with Crippen LogP contribution in [-0.4, -0.2) is 21.5 Å². The average Bonchev–Trinajstić information content (AvgIpc) is 2.34. The van der Waals surface area contributed by atoms with Crippen molar-refractivity contribution in [2.24, 2.45) is 5.41 Å². The Morgan fingerprint density at radius 3 is 2.32 bits per heavy atom. The summed E-state index contributed by atoms with van der Waals surface area (Å²) in [6, 6.07) is 5.71. The minimum atomic E-state index is -1.57. The number of carbonyl (C=O) groups is 1. The molecule has 1 rings (SSSR count). The number of hydrogen-bond donors (Lipinski definition) is 2. The average molecular weight is 308 g/mol. The first-order chi connectivity index (χ1) is 9.93. The van der Waals surface area contributed by atoms with Gasteiger partial charge in [0.25, 0.3) is 11.6 Å². The number of benzene rings is 1. The lowest BCUT2D eigenvalue weighted by molar-refractivity contribution is -0.386. The van der Waals surface area contributed by atoms with E-state index in [1.165, 1.54) is 18.2 Å². The molecule has 0 saturated heterocycles. The molecule has 6 heteroatoms. The fraction of sp³-hybridized carbons (Fsp3) is 0.562. The van der Waals surface area contributed by atoms with Gasteiger partial charge in [0.15, 0.2) is 6.10 Å². The monoisotopic (exact) mass is 308 g/mol. The molecule has 0 aliphatic rings. The number of aliphatic hydroxyl groups excluding tert-OH is 1. The maximum absolute atomic E-state index is 12.2. The van der Waals surface area contributed by atoms with Crippen LogP contribution in [0.3, 0.4) is 0 Å². The summed E-state index contributed by atoms with van der Waals surface area (Å²) in [7, 11) is 0. The first-order valence-electron chi connectivity index (χ1n) is 7.16. The maximum atomic E-state index is 12.2. The van der Waals surface area contributed by atoms with Gasteiger partial charge in [-0.3, -0.25) is 14.9 Å². The molecule has 0 aromatic heterocycles. The van der Waals surface area contributed by atoms with Crippen LogP contribution in [0.25, 0.3) is 0 Å². The van der Waals surface area contributed by atoms with Crippen molar-refractivity contribution in [2.75, 3.05) is 0 Å². The quantitative estimate of drug-likeness (QED) is 0.646. The van der Waals surface area contributed by atoms with E-state index in [1.807, 2.05) is 13.8 Å². The van der Waals surface area contributed by atoms with Gasteiger partial charge in [-0.25, -0.2) is 0 Å². The number of para-hydroxylation sites is 1. The summed E-state index contributed by atoms with van der Waals surface area (Å²) in [5, 5.41) is 23.9. The summed E-state index contributed by atoms with van der Waals surface area (Å²) in [5.74, 6) is -0.636. The normalized spacial score (nSPS) is 13.5. The Morgan fingerprint density at radius 1 is 1.27 bits per heavy atom. The van der Waals surface area contributed by atoms with E-state index in [4.69, 9.17) is 0 Å². The molecule has 0 spiro atoms. The molecule has 22 heavy (non-hydrogen) atoms. The highest BCUT2D eigenvalue weighted by molar-refractivity contribution is 5.83. The second-order valence-electron chi connectivity index (χ2n) is 7.33. The van der Waals surface area contributed by atoms with Gasteiger partial charge in [0, 0.05) is 11.6 Å². The minimum absolute atomic E-state index is 0.000472. The van der Waals surface area contributed by atoms with E-state index in [1.54, 1.807) is 6.07 Å². The zero-order valence-corrected chi connectivity index (χ0v) is 13.7. The lowest BCUT2D eigenvalue weighted by Gasteiger charge is -2.34. The predicted octanol–water partition coefficient (Wildman–Crippen LogP) is 2.96. The minimum Gasteiger partial charge on any atom is -0.378 e. The van der Waals surface area contributed by atoms with E-state index < -0.39 is 22.5 Å². The highest BCUT2D eigenvalue weighted by Crippen LogP contribution is 2.29. The van der Waals surface area contributed by atoms with E-state index in [-0.39, 0.29) is 16.7 Å². The van der Waals surface area contributed by atoms with E-state index in [9.17, 15) is 20.0 Å². The summed E-state index contributed by atoms with van der Waals surface area (Å²) in [5.41, 5.74) is -0.796. The molecule has 2 N–H and O–H groups in total. The SMILES string of the molecule is CC(C)(C)CC(C)(C)NC(=O)C(O)c1ccccc1[N+](=O)[O-]. The number of hydrogen-bond acceptors (Lipinski definition) is 4. The second kappa shape index (κ2) is 6.44. The molecule has 1 aromatic carbocycles. The van der Waals surface area contributed by atoms with Crippen molar-refractivity contribution in [3.8, 4) is 0 Å². The zero-order chi connectivity index (χ0) is 17.1. The van der Waals surface area contributed by atoms with Crippen LogP contribution in [0.15, 0.2) is 24.3 Å². The second-order valence-corrected chi connectivity index (χ2v) is 7.33. The number of aliphatic hydroxyl groups is 1. The third-order valence-corrected chi connectivity index (χ3v) is 3.11. The Balaban J connectivity index is 2.93. The Labute approximate surface area is 130 Å². The largest absolute Gasteiger partial charge is 0.378 e. The van der Waals surface area contributed by atoms with Crippen LogP contribution in [0.5, 0.6) is 0 Å². The summed E-state index contributed by atoms with van der Waals surface area (Å²) in [6.07, 6.45) is -0.865. The lowest BCUT2D eigenvalue weighted by atomic mass is 9.81. The Kier molecular flexibility index (Phi) is 5.30. The van der Waals surface area contributed by atoms with Gasteiger partial charge in [-0.15, -0.1) is 0 Å². The van der Waals surface area contributed by atoms with Gasteiger partial charge in [0.05, 0.1) is 10.5 Å². The van der Waals surface area contributed by atoms with Gasteiger partial charge in [-0.2, -0.15) is 0 Å². The molecule has 0 fully saturated rings. The van der Waals surface area contributed by atoms with Gasteiger partial charge < -0.3 is 10.4 Å². The van der Waals surface area contributed by atoms with Crippen molar-refractivity contribution < 1.29 is 14.8 Å². The van der Waals surface area contributed by atoms with E-state index in [2.05, 4.69) is 26.1 Å². The van der Waals surface area contributed by atoms with Crippen molar-refractivity contribution in [2.45, 2.75) is 52.7 Å². The number of nitro groups is 1. The molecule has 0 aliphatic heterocycles. The van der Waals surface area contributed by atoms with E-state index in [0.717, 1.165) is 0 Å². The molecular weight excluding hydrogens is 284 g/mol. The molecular formula is C16H24N2O4. The van der Waals surface area contributed by atoms with Crippen molar-refractivity contribution in [1.82, 2.24) is 5.32 Å². The van der Waals surface area contributed by atoms with Gasteiger partial charge in [0.2, 0.25) is 0 Å². The number of nitrogens with zero attached hydrogens (tertiary/aromatic N) is 1. The molecule has 1 unspecified atom stereocenters. The standard InChI is InChI=1S/C16H24N2O4/c1-15(2,3)10-16(4,5)17-14(20)13(19)11-8-6-7-9-12(11)18(21)22/h6-9,13,19H,10H2,1-5H3,(H,17,20). The molecule has 1 atom stereocenters. The number of nitrogens with one attached hydrogen (secondary N) is 1. The Bertz CT molecular complexity index is 562. The summed E-state index contributed by atoms with van der Waals surface area (Å²) >= 11 is 0. The maximum Gasteiger partial charge on any atom is 0.275 e. The van der Waals surface area contributed by atoms with Crippen LogP contribution in [0.2, 0.25) is 0 Å². The number of carbonyl (C=O) groups excluding carboxylic acids is 1. The lowest BCUT2D eigenvalue weighted by Crippen LogP contribution is -2.47. The third kappa shape index (κ3) is 5.11. The van der Waals surface area contributed by atoms with Crippen molar-refractivity contribution in [3.63, 3.8) is 0 Å². The van der Waals surface area contributed by atoms with Crippen LogP contribution < -0.4 is 5.32 Å². The molecule has 0 heterocycles. The molecule has 1 aromatic rings. The van der Waals surface area contributed by atoms with Gasteiger partial charge in [-0.05, 0) is 31.7 Å². The summed E-state index contributed by atoms with van der Waals surface area (Å²) in [4.78, 5) is 22.6. The number of amides is 1. The van der Waals surface area contributed by atoms with Crippen LogP contribution in [0.4, 0.5) is 5.69 Å². The number of nitro benzene ring substituents is 1. The van der Waals surface area contributed by atoms with Crippen LogP contribution in [-0.2, 0) is 4.79 Å². The van der Waals surface area contributed by atoms with Crippen LogP contribution in [0.1, 0.15) is 52.7 Å². The smallest absolute Gasteiger partial charge is 0.275 e. The van der Waals surface area contributed by atoms with Crippen LogP contribution >= 0.6 is 0 Å². The summed E-state index contributed by atoms with van der Waals surface area (Å²) < 4.78 is 0. The Hall–Kier alpha value is -1.95. The third-order valence-electron chi connectivity index (χ3n) is 3.11. The Morgan fingerprint density at radius 2 is 1.82 bits per heavy atom. The molecule has 0 bridgehead atoms. The molecule has 6 nitrogen and oxygen atoms in total. The van der Waals surface area contributed by atoms with E-state index >= 15 is 0 Å². The first-order valence-corrected chi connectivity index (χ1v) is 7.16. The van der Waals surface area contributed by atoms with Crippen molar-refractivity contribution in [3.05, 3.63) is 39.9 Å². The topological polar surface area (TPSA) is 92.5 Å². The molecule has 0 saturated carbocycles. The summed E-state index contributed by atoms with van der Waals surface area (Å²) in [6.45, 7) is 9.89. The highest BCUT2D eigenvalue weighted by Gasteiger charge is 2.31.